The minimum absolute atomic E-state index is 0.0375. The third-order valence-electron chi connectivity index (χ3n) is 5.02. The molecule has 3 heterocycles. The molecule has 5 heteroatoms. The third kappa shape index (κ3) is 3.24. The monoisotopic (exact) mass is 304 g/mol. The maximum atomic E-state index is 11.5. The van der Waals surface area contributed by atoms with Crippen LogP contribution in [-0.2, 0) is 9.53 Å². The highest BCUT2D eigenvalue weighted by Crippen LogP contribution is 2.42. The van der Waals surface area contributed by atoms with Crippen LogP contribution in [0.1, 0.15) is 32.6 Å². The highest BCUT2D eigenvalue weighted by atomic mass is 16.5. The van der Waals surface area contributed by atoms with Gasteiger partial charge >= 0.3 is 0 Å². The van der Waals surface area contributed by atoms with Crippen molar-refractivity contribution in [3.05, 3.63) is 24.5 Å². The fourth-order valence-corrected chi connectivity index (χ4v) is 3.70. The van der Waals surface area contributed by atoms with Gasteiger partial charge in [0.25, 0.3) is 0 Å². The number of rotatable bonds is 4. The van der Waals surface area contributed by atoms with E-state index in [0.29, 0.717) is 12.5 Å². The van der Waals surface area contributed by atoms with Crippen LogP contribution in [0.5, 0.6) is 5.75 Å². The topological polar surface area (TPSA) is 51.7 Å². The Labute approximate surface area is 131 Å². The SMILES string of the molecule is CC(=O)N1CCC2(CC1)OCCC2CCOc1cccnc1. The van der Waals surface area contributed by atoms with Gasteiger partial charge in [-0.2, -0.15) is 0 Å². The Bertz CT molecular complexity index is 498. The van der Waals surface area contributed by atoms with E-state index in [-0.39, 0.29) is 11.5 Å². The Hall–Kier alpha value is -1.62. The molecular weight excluding hydrogens is 280 g/mol. The Morgan fingerprint density at radius 1 is 1.50 bits per heavy atom. The van der Waals surface area contributed by atoms with Crippen molar-refractivity contribution in [1.29, 1.82) is 0 Å². The zero-order valence-electron chi connectivity index (χ0n) is 13.2. The van der Waals surface area contributed by atoms with Crippen LogP contribution in [0.25, 0.3) is 0 Å². The molecule has 0 saturated carbocycles. The van der Waals surface area contributed by atoms with Crippen LogP contribution in [0.2, 0.25) is 0 Å². The highest BCUT2D eigenvalue weighted by molar-refractivity contribution is 5.73. The van der Waals surface area contributed by atoms with Gasteiger partial charge in [0.15, 0.2) is 0 Å². The number of nitrogens with zero attached hydrogens (tertiary/aromatic N) is 2. The molecule has 120 valence electrons. The number of hydrogen-bond acceptors (Lipinski definition) is 4. The van der Waals surface area contributed by atoms with Gasteiger partial charge in [0.1, 0.15) is 5.75 Å². The standard InChI is InChI=1S/C17H24N2O3/c1-14(20)19-9-6-17(7-10-19)15(5-12-22-17)4-11-21-16-3-2-8-18-13-16/h2-3,8,13,15H,4-7,9-12H2,1H3. The highest BCUT2D eigenvalue weighted by Gasteiger charge is 2.46. The van der Waals surface area contributed by atoms with Crippen molar-refractivity contribution in [1.82, 2.24) is 9.88 Å². The van der Waals surface area contributed by atoms with Gasteiger partial charge in [0, 0.05) is 32.8 Å². The average molecular weight is 304 g/mol. The van der Waals surface area contributed by atoms with E-state index in [4.69, 9.17) is 9.47 Å². The van der Waals surface area contributed by atoms with E-state index in [1.54, 1.807) is 19.3 Å². The number of carbonyl (C=O) groups is 1. The third-order valence-corrected chi connectivity index (χ3v) is 5.02. The van der Waals surface area contributed by atoms with Gasteiger partial charge in [-0.25, -0.2) is 0 Å². The molecule has 2 fully saturated rings. The summed E-state index contributed by atoms with van der Waals surface area (Å²) in [5.74, 6) is 1.52. The first-order valence-corrected chi connectivity index (χ1v) is 8.12. The van der Waals surface area contributed by atoms with E-state index in [1.165, 1.54) is 0 Å². The molecule has 2 aliphatic rings. The Balaban J connectivity index is 1.52. The van der Waals surface area contributed by atoms with E-state index < -0.39 is 0 Å². The molecule has 2 aliphatic heterocycles. The van der Waals surface area contributed by atoms with Crippen molar-refractivity contribution in [3.8, 4) is 5.75 Å². The smallest absolute Gasteiger partial charge is 0.219 e. The molecule has 2 saturated heterocycles. The minimum Gasteiger partial charge on any atom is -0.492 e. The summed E-state index contributed by atoms with van der Waals surface area (Å²) in [5, 5.41) is 0. The van der Waals surface area contributed by atoms with Gasteiger partial charge in [-0.05, 0) is 43.7 Å². The summed E-state index contributed by atoms with van der Waals surface area (Å²) in [7, 11) is 0. The maximum absolute atomic E-state index is 11.5. The fourth-order valence-electron chi connectivity index (χ4n) is 3.70. The lowest BCUT2D eigenvalue weighted by molar-refractivity contribution is -0.135. The molecule has 1 unspecified atom stereocenters. The van der Waals surface area contributed by atoms with Crippen LogP contribution in [-0.4, -0.2) is 47.7 Å². The van der Waals surface area contributed by atoms with Crippen LogP contribution < -0.4 is 4.74 Å². The first-order chi connectivity index (χ1) is 10.7. The fraction of sp³-hybridized carbons (Fsp3) is 0.647. The number of pyridine rings is 1. The summed E-state index contributed by atoms with van der Waals surface area (Å²) in [5.41, 5.74) is -0.0375. The summed E-state index contributed by atoms with van der Waals surface area (Å²) in [6.07, 6.45) is 7.47. The van der Waals surface area contributed by atoms with E-state index in [0.717, 1.165) is 51.1 Å². The van der Waals surface area contributed by atoms with Crippen LogP contribution in [0, 0.1) is 5.92 Å². The second-order valence-electron chi connectivity index (χ2n) is 6.23. The van der Waals surface area contributed by atoms with Gasteiger partial charge in [-0.3, -0.25) is 9.78 Å². The summed E-state index contributed by atoms with van der Waals surface area (Å²) < 4.78 is 11.9. The molecule has 0 aliphatic carbocycles. The normalized spacial score (nSPS) is 23.7. The van der Waals surface area contributed by atoms with Gasteiger partial charge in [-0.1, -0.05) is 0 Å². The molecule has 0 radical (unpaired) electrons. The lowest BCUT2D eigenvalue weighted by Crippen LogP contribution is -2.49. The number of ether oxygens (including phenoxy) is 2. The number of likely N-dealkylation sites (tertiary alicyclic amines) is 1. The predicted molar refractivity (Wildman–Crippen MR) is 82.6 cm³/mol. The van der Waals surface area contributed by atoms with Crippen LogP contribution >= 0.6 is 0 Å². The summed E-state index contributed by atoms with van der Waals surface area (Å²) >= 11 is 0. The second kappa shape index (κ2) is 6.65. The Morgan fingerprint density at radius 3 is 3.00 bits per heavy atom. The molecule has 1 atom stereocenters. The summed E-state index contributed by atoms with van der Waals surface area (Å²) in [6.45, 7) is 4.80. The van der Waals surface area contributed by atoms with E-state index >= 15 is 0 Å². The summed E-state index contributed by atoms with van der Waals surface area (Å²) in [4.78, 5) is 17.5. The molecule has 0 aromatic carbocycles. The molecule has 1 aromatic heterocycles. The number of piperidine rings is 1. The van der Waals surface area contributed by atoms with Crippen molar-refractivity contribution < 1.29 is 14.3 Å². The van der Waals surface area contributed by atoms with E-state index in [2.05, 4.69) is 4.98 Å². The average Bonchev–Trinajstić information content (AvgIpc) is 2.91. The zero-order chi connectivity index (χ0) is 15.4. The molecule has 1 amide bonds. The summed E-state index contributed by atoms with van der Waals surface area (Å²) in [6, 6.07) is 3.81. The lowest BCUT2D eigenvalue weighted by atomic mass is 9.78. The minimum atomic E-state index is -0.0375. The Kier molecular flexibility index (Phi) is 4.62. The van der Waals surface area contributed by atoms with Crippen molar-refractivity contribution >= 4 is 5.91 Å². The van der Waals surface area contributed by atoms with Crippen molar-refractivity contribution in [3.63, 3.8) is 0 Å². The number of hydrogen-bond donors (Lipinski definition) is 0. The van der Waals surface area contributed by atoms with Gasteiger partial charge in [-0.15, -0.1) is 0 Å². The molecule has 22 heavy (non-hydrogen) atoms. The van der Waals surface area contributed by atoms with E-state index in [9.17, 15) is 4.79 Å². The Morgan fingerprint density at radius 2 is 2.32 bits per heavy atom. The number of amides is 1. The van der Waals surface area contributed by atoms with Gasteiger partial charge in [0.2, 0.25) is 5.91 Å². The van der Waals surface area contributed by atoms with Crippen molar-refractivity contribution in [2.24, 2.45) is 5.92 Å². The van der Waals surface area contributed by atoms with Crippen LogP contribution in [0.15, 0.2) is 24.5 Å². The van der Waals surface area contributed by atoms with Gasteiger partial charge in [0.05, 0.1) is 18.4 Å². The van der Waals surface area contributed by atoms with Crippen LogP contribution in [0.4, 0.5) is 0 Å². The van der Waals surface area contributed by atoms with E-state index in [1.807, 2.05) is 17.0 Å². The first-order valence-electron chi connectivity index (χ1n) is 8.12. The molecule has 3 rings (SSSR count). The number of aromatic nitrogens is 1. The quantitative estimate of drug-likeness (QED) is 0.856. The molecular formula is C17H24N2O3. The zero-order valence-corrected chi connectivity index (χ0v) is 13.2. The molecule has 1 aromatic rings. The predicted octanol–water partition coefficient (Wildman–Crippen LogP) is 2.27. The molecule has 0 N–H and O–H groups in total. The first kappa shape index (κ1) is 15.3. The number of carbonyl (C=O) groups excluding carboxylic acids is 1. The lowest BCUT2D eigenvalue weighted by Gasteiger charge is -2.42. The molecule has 5 nitrogen and oxygen atoms in total. The molecule has 0 bridgehead atoms. The second-order valence-corrected chi connectivity index (χ2v) is 6.23. The van der Waals surface area contributed by atoms with Crippen LogP contribution in [0.3, 0.4) is 0 Å². The van der Waals surface area contributed by atoms with Crippen molar-refractivity contribution in [2.75, 3.05) is 26.3 Å². The maximum Gasteiger partial charge on any atom is 0.219 e. The van der Waals surface area contributed by atoms with Crippen molar-refractivity contribution in [2.45, 2.75) is 38.2 Å². The molecule has 1 spiro atoms. The van der Waals surface area contributed by atoms with Gasteiger partial charge < -0.3 is 14.4 Å². The largest absolute Gasteiger partial charge is 0.492 e.